The molecule has 2 rings (SSSR count). The summed E-state index contributed by atoms with van der Waals surface area (Å²) >= 11 is 0. The fourth-order valence-corrected chi connectivity index (χ4v) is 1.93. The van der Waals surface area contributed by atoms with Gasteiger partial charge in [-0.3, -0.25) is 4.68 Å². The van der Waals surface area contributed by atoms with Crippen LogP contribution in [0.1, 0.15) is 22.8 Å². The van der Waals surface area contributed by atoms with Crippen molar-refractivity contribution >= 4 is 0 Å². The van der Waals surface area contributed by atoms with Gasteiger partial charge in [0.1, 0.15) is 0 Å². The summed E-state index contributed by atoms with van der Waals surface area (Å²) in [6, 6.07) is 4.53. The van der Waals surface area contributed by atoms with E-state index in [4.69, 9.17) is 0 Å². The summed E-state index contributed by atoms with van der Waals surface area (Å²) in [5, 5.41) is 17.0. The molecule has 1 unspecified atom stereocenters. The molecule has 0 bridgehead atoms. The fraction of sp³-hybridized carbons (Fsp3) is 0.357. The highest BCUT2D eigenvalue weighted by atomic mass is 19.4. The summed E-state index contributed by atoms with van der Waals surface area (Å²) in [4.78, 5) is 0. The van der Waals surface area contributed by atoms with E-state index in [0.29, 0.717) is 12.1 Å². The van der Waals surface area contributed by atoms with Crippen LogP contribution in [0.5, 0.6) is 0 Å². The normalized spacial score (nSPS) is 13.4. The molecule has 4 nitrogen and oxygen atoms in total. The molecule has 0 aliphatic heterocycles. The molecule has 0 amide bonds. The monoisotopic (exact) mass is 299 g/mol. The molecule has 0 saturated carbocycles. The molecular formula is C14H16F3N3O. The first-order chi connectivity index (χ1) is 9.86. The lowest BCUT2D eigenvalue weighted by Crippen LogP contribution is -2.21. The fourth-order valence-electron chi connectivity index (χ4n) is 1.93. The van der Waals surface area contributed by atoms with Gasteiger partial charge in [-0.15, -0.1) is 0 Å². The van der Waals surface area contributed by atoms with E-state index in [-0.39, 0.29) is 6.54 Å². The van der Waals surface area contributed by atoms with Crippen LogP contribution in [0.3, 0.4) is 0 Å². The van der Waals surface area contributed by atoms with Crippen LogP contribution in [0.25, 0.3) is 0 Å². The van der Waals surface area contributed by atoms with Crippen molar-refractivity contribution in [2.24, 2.45) is 7.05 Å². The van der Waals surface area contributed by atoms with E-state index in [1.165, 1.54) is 12.1 Å². The third kappa shape index (κ3) is 4.30. The van der Waals surface area contributed by atoms with Crippen molar-refractivity contribution in [2.45, 2.75) is 18.8 Å². The highest BCUT2D eigenvalue weighted by molar-refractivity contribution is 5.26. The first kappa shape index (κ1) is 15.5. The van der Waals surface area contributed by atoms with Crippen LogP contribution >= 0.6 is 0 Å². The molecule has 1 heterocycles. The number of benzene rings is 1. The van der Waals surface area contributed by atoms with Crippen molar-refractivity contribution in [1.82, 2.24) is 15.1 Å². The van der Waals surface area contributed by atoms with Gasteiger partial charge in [0.15, 0.2) is 0 Å². The molecule has 2 N–H and O–H groups in total. The average molecular weight is 299 g/mol. The Kier molecular flexibility index (Phi) is 4.64. The van der Waals surface area contributed by atoms with Crippen molar-refractivity contribution < 1.29 is 18.3 Å². The van der Waals surface area contributed by atoms with Gasteiger partial charge in [0.2, 0.25) is 0 Å². The first-order valence-corrected chi connectivity index (χ1v) is 6.40. The Balaban J connectivity index is 1.87. The second-order valence-electron chi connectivity index (χ2n) is 4.79. The highest BCUT2D eigenvalue weighted by Crippen LogP contribution is 2.29. The Bertz CT molecular complexity index is 578. The predicted molar refractivity (Wildman–Crippen MR) is 71.3 cm³/mol. The third-order valence-corrected chi connectivity index (χ3v) is 3.05. The molecule has 114 valence electrons. The van der Waals surface area contributed by atoms with Crippen LogP contribution in [0.15, 0.2) is 36.7 Å². The quantitative estimate of drug-likeness (QED) is 0.890. The van der Waals surface area contributed by atoms with Gasteiger partial charge in [-0.2, -0.15) is 18.3 Å². The molecule has 1 aromatic carbocycles. The van der Waals surface area contributed by atoms with Crippen LogP contribution in [0, 0.1) is 0 Å². The van der Waals surface area contributed by atoms with E-state index in [2.05, 4.69) is 10.4 Å². The largest absolute Gasteiger partial charge is 0.416 e. The van der Waals surface area contributed by atoms with Crippen LogP contribution < -0.4 is 5.32 Å². The zero-order valence-electron chi connectivity index (χ0n) is 11.4. The maximum Gasteiger partial charge on any atom is 0.416 e. The number of aliphatic hydroxyl groups is 1. The molecule has 21 heavy (non-hydrogen) atoms. The number of rotatable bonds is 5. The average Bonchev–Trinajstić information content (AvgIpc) is 2.83. The minimum absolute atomic E-state index is 0.250. The lowest BCUT2D eigenvalue weighted by atomic mass is 10.1. The van der Waals surface area contributed by atoms with Crippen molar-refractivity contribution in [3.8, 4) is 0 Å². The zero-order chi connectivity index (χ0) is 15.5. The third-order valence-electron chi connectivity index (χ3n) is 3.05. The van der Waals surface area contributed by atoms with Crippen LogP contribution in [-0.2, 0) is 19.8 Å². The SMILES string of the molecule is Cn1cc(CNCC(O)c2ccc(C(F)(F)F)cc2)cn1. The lowest BCUT2D eigenvalue weighted by Gasteiger charge is -2.13. The number of alkyl halides is 3. The van der Waals surface area contributed by atoms with Crippen molar-refractivity contribution in [3.05, 3.63) is 53.3 Å². The van der Waals surface area contributed by atoms with E-state index in [9.17, 15) is 18.3 Å². The Morgan fingerprint density at radius 1 is 1.29 bits per heavy atom. The zero-order valence-corrected chi connectivity index (χ0v) is 11.4. The number of nitrogens with one attached hydrogen (secondary N) is 1. The second-order valence-corrected chi connectivity index (χ2v) is 4.79. The molecule has 1 atom stereocenters. The summed E-state index contributed by atoms with van der Waals surface area (Å²) < 4.78 is 39.0. The van der Waals surface area contributed by atoms with E-state index in [0.717, 1.165) is 17.7 Å². The van der Waals surface area contributed by atoms with Gasteiger partial charge < -0.3 is 10.4 Å². The van der Waals surface area contributed by atoms with Crippen molar-refractivity contribution in [2.75, 3.05) is 6.54 Å². The van der Waals surface area contributed by atoms with Crippen LogP contribution in [-0.4, -0.2) is 21.4 Å². The van der Waals surface area contributed by atoms with Gasteiger partial charge in [0.25, 0.3) is 0 Å². The number of aromatic nitrogens is 2. The molecule has 7 heteroatoms. The maximum atomic E-state index is 12.4. The molecule has 0 aliphatic carbocycles. The van der Waals surface area contributed by atoms with Gasteiger partial charge in [-0.05, 0) is 17.7 Å². The van der Waals surface area contributed by atoms with Crippen LogP contribution in [0.4, 0.5) is 13.2 Å². The second kappa shape index (κ2) is 6.28. The molecule has 1 aromatic heterocycles. The summed E-state index contributed by atoms with van der Waals surface area (Å²) in [6.45, 7) is 0.784. The molecule has 2 aromatic rings. The van der Waals surface area contributed by atoms with Crippen molar-refractivity contribution in [3.63, 3.8) is 0 Å². The summed E-state index contributed by atoms with van der Waals surface area (Å²) in [5.41, 5.74) is 0.695. The standard InChI is InChI=1S/C14H16F3N3O/c1-20-9-10(7-19-20)6-18-8-13(21)11-2-4-12(5-3-11)14(15,16)17/h2-5,7,9,13,18,21H,6,8H2,1H3. The highest BCUT2D eigenvalue weighted by Gasteiger charge is 2.30. The van der Waals surface area contributed by atoms with Gasteiger partial charge in [-0.1, -0.05) is 12.1 Å². The summed E-state index contributed by atoms with van der Waals surface area (Å²) in [6.07, 6.45) is -1.67. The van der Waals surface area contributed by atoms with Gasteiger partial charge in [0.05, 0.1) is 17.9 Å². The lowest BCUT2D eigenvalue weighted by molar-refractivity contribution is -0.137. The smallest absolute Gasteiger partial charge is 0.387 e. The van der Waals surface area contributed by atoms with Crippen molar-refractivity contribution in [1.29, 1.82) is 0 Å². The Morgan fingerprint density at radius 3 is 2.48 bits per heavy atom. The number of nitrogens with zero attached hydrogens (tertiary/aromatic N) is 2. The maximum absolute atomic E-state index is 12.4. The molecule has 0 fully saturated rings. The molecular weight excluding hydrogens is 283 g/mol. The molecule has 0 spiro atoms. The van der Waals surface area contributed by atoms with Gasteiger partial charge in [0, 0.05) is 31.9 Å². The predicted octanol–water partition coefficient (Wildman–Crippen LogP) is 2.26. The van der Waals surface area contributed by atoms with E-state index in [1.807, 2.05) is 6.20 Å². The number of aliphatic hydroxyl groups excluding tert-OH is 1. The topological polar surface area (TPSA) is 50.1 Å². The minimum Gasteiger partial charge on any atom is -0.387 e. The van der Waals surface area contributed by atoms with E-state index in [1.54, 1.807) is 17.9 Å². The van der Waals surface area contributed by atoms with E-state index >= 15 is 0 Å². The summed E-state index contributed by atoms with van der Waals surface area (Å²) in [7, 11) is 1.81. The number of aryl methyl sites for hydroxylation is 1. The Morgan fingerprint density at radius 2 is 1.95 bits per heavy atom. The number of hydrogen-bond acceptors (Lipinski definition) is 3. The minimum atomic E-state index is -4.36. The summed E-state index contributed by atoms with van der Waals surface area (Å²) in [5.74, 6) is 0. The molecule has 0 radical (unpaired) electrons. The Labute approximate surface area is 120 Å². The van der Waals surface area contributed by atoms with Gasteiger partial charge in [-0.25, -0.2) is 0 Å². The Hall–Kier alpha value is -1.86. The van der Waals surface area contributed by atoms with E-state index < -0.39 is 17.8 Å². The number of halogens is 3. The number of hydrogen-bond donors (Lipinski definition) is 2. The van der Waals surface area contributed by atoms with Gasteiger partial charge >= 0.3 is 6.18 Å². The van der Waals surface area contributed by atoms with Crippen LogP contribution in [0.2, 0.25) is 0 Å². The first-order valence-electron chi connectivity index (χ1n) is 6.40. The molecule has 0 saturated heterocycles. The molecule has 0 aliphatic rings.